The van der Waals surface area contributed by atoms with E-state index in [-0.39, 0.29) is 5.54 Å². The fraction of sp³-hybridized carbons (Fsp3) is 0.778. The van der Waals surface area contributed by atoms with Crippen LogP contribution in [-0.4, -0.2) is 16.7 Å². The maximum Gasteiger partial charge on any atom is 0.227 e. The van der Waals surface area contributed by atoms with Gasteiger partial charge in [0.1, 0.15) is 0 Å². The van der Waals surface area contributed by atoms with Crippen molar-refractivity contribution in [2.24, 2.45) is 11.5 Å². The standard InChI is InChI=1S/C9H16N4O/c10-6-3-7-12-8(13-14-7)9(11)4-1-2-5-9/h1-6,10-11H2. The first-order chi connectivity index (χ1) is 6.74. The smallest absolute Gasteiger partial charge is 0.227 e. The van der Waals surface area contributed by atoms with Gasteiger partial charge in [-0.05, 0) is 12.8 Å². The third-order valence-corrected chi connectivity index (χ3v) is 2.77. The van der Waals surface area contributed by atoms with E-state index in [2.05, 4.69) is 10.1 Å². The third kappa shape index (κ3) is 1.65. The zero-order valence-electron chi connectivity index (χ0n) is 8.20. The lowest BCUT2D eigenvalue weighted by Gasteiger charge is -2.17. The van der Waals surface area contributed by atoms with Crippen LogP contribution in [-0.2, 0) is 12.0 Å². The summed E-state index contributed by atoms with van der Waals surface area (Å²) in [6, 6.07) is 0. The highest BCUT2D eigenvalue weighted by Crippen LogP contribution is 2.34. The molecule has 5 heteroatoms. The van der Waals surface area contributed by atoms with E-state index in [1.54, 1.807) is 0 Å². The molecular formula is C9H16N4O. The van der Waals surface area contributed by atoms with Gasteiger partial charge in [-0.25, -0.2) is 0 Å². The lowest BCUT2D eigenvalue weighted by Crippen LogP contribution is -2.34. The van der Waals surface area contributed by atoms with Gasteiger partial charge in [0, 0.05) is 13.0 Å². The molecule has 1 aromatic rings. The second-order valence-electron chi connectivity index (χ2n) is 3.91. The minimum Gasteiger partial charge on any atom is -0.339 e. The van der Waals surface area contributed by atoms with E-state index in [0.717, 1.165) is 25.7 Å². The molecule has 0 radical (unpaired) electrons. The van der Waals surface area contributed by atoms with Gasteiger partial charge in [0.25, 0.3) is 0 Å². The van der Waals surface area contributed by atoms with E-state index in [1.165, 1.54) is 0 Å². The third-order valence-electron chi connectivity index (χ3n) is 2.77. The van der Waals surface area contributed by atoms with Crippen LogP contribution in [0.25, 0.3) is 0 Å². The average molecular weight is 196 g/mol. The van der Waals surface area contributed by atoms with Gasteiger partial charge in [-0.2, -0.15) is 4.98 Å². The number of hydrogen-bond acceptors (Lipinski definition) is 5. The molecule has 1 aromatic heterocycles. The predicted octanol–water partition coefficient (Wildman–Crippen LogP) is 0.299. The molecule has 4 N–H and O–H groups in total. The molecule has 0 spiro atoms. The summed E-state index contributed by atoms with van der Waals surface area (Å²) >= 11 is 0. The molecule has 2 rings (SSSR count). The number of rotatable bonds is 3. The Hall–Kier alpha value is -0.940. The van der Waals surface area contributed by atoms with E-state index in [0.29, 0.717) is 24.7 Å². The summed E-state index contributed by atoms with van der Waals surface area (Å²) in [5.41, 5.74) is 11.2. The first-order valence-electron chi connectivity index (χ1n) is 5.07. The first-order valence-corrected chi connectivity index (χ1v) is 5.07. The van der Waals surface area contributed by atoms with Gasteiger partial charge in [-0.3, -0.25) is 0 Å². The van der Waals surface area contributed by atoms with E-state index in [1.807, 2.05) is 0 Å². The molecule has 0 amide bonds. The van der Waals surface area contributed by atoms with Crippen LogP contribution in [0.15, 0.2) is 4.52 Å². The van der Waals surface area contributed by atoms with Crippen LogP contribution < -0.4 is 11.5 Å². The van der Waals surface area contributed by atoms with Crippen LogP contribution in [0, 0.1) is 0 Å². The van der Waals surface area contributed by atoms with Gasteiger partial charge in [-0.15, -0.1) is 0 Å². The molecule has 1 aliphatic carbocycles. The number of aromatic nitrogens is 2. The van der Waals surface area contributed by atoms with Crippen LogP contribution in [0.2, 0.25) is 0 Å². The Morgan fingerprint density at radius 2 is 2.07 bits per heavy atom. The molecule has 0 saturated heterocycles. The van der Waals surface area contributed by atoms with Crippen molar-refractivity contribution in [1.82, 2.24) is 10.1 Å². The first kappa shape index (κ1) is 9.61. The van der Waals surface area contributed by atoms with Crippen LogP contribution in [0.4, 0.5) is 0 Å². The average Bonchev–Trinajstić information content (AvgIpc) is 2.75. The lowest BCUT2D eigenvalue weighted by atomic mass is 9.99. The van der Waals surface area contributed by atoms with Crippen LogP contribution >= 0.6 is 0 Å². The van der Waals surface area contributed by atoms with Crippen molar-refractivity contribution in [3.05, 3.63) is 11.7 Å². The van der Waals surface area contributed by atoms with Gasteiger partial charge in [-0.1, -0.05) is 18.0 Å². The second kappa shape index (κ2) is 3.67. The fourth-order valence-electron chi connectivity index (χ4n) is 1.91. The van der Waals surface area contributed by atoms with Gasteiger partial charge in [0.2, 0.25) is 5.89 Å². The predicted molar refractivity (Wildman–Crippen MR) is 51.4 cm³/mol. The Morgan fingerprint density at radius 1 is 1.36 bits per heavy atom. The maximum atomic E-state index is 6.17. The van der Waals surface area contributed by atoms with Gasteiger partial charge >= 0.3 is 0 Å². The van der Waals surface area contributed by atoms with E-state index >= 15 is 0 Å². The van der Waals surface area contributed by atoms with Crippen molar-refractivity contribution in [2.75, 3.05) is 6.54 Å². The monoisotopic (exact) mass is 196 g/mol. The van der Waals surface area contributed by atoms with Gasteiger partial charge in [0.15, 0.2) is 5.82 Å². The minimum atomic E-state index is -0.351. The fourth-order valence-corrected chi connectivity index (χ4v) is 1.91. The summed E-state index contributed by atoms with van der Waals surface area (Å²) in [7, 11) is 0. The van der Waals surface area contributed by atoms with Crippen LogP contribution in [0.5, 0.6) is 0 Å². The highest BCUT2D eigenvalue weighted by atomic mass is 16.5. The molecule has 0 bridgehead atoms. The summed E-state index contributed by atoms with van der Waals surface area (Å²) in [6.07, 6.45) is 4.83. The van der Waals surface area contributed by atoms with Crippen molar-refractivity contribution in [3.8, 4) is 0 Å². The molecule has 0 unspecified atom stereocenters. The molecule has 0 aliphatic heterocycles. The topological polar surface area (TPSA) is 91.0 Å². The molecule has 1 fully saturated rings. The zero-order valence-corrected chi connectivity index (χ0v) is 8.20. The molecule has 14 heavy (non-hydrogen) atoms. The highest BCUT2D eigenvalue weighted by Gasteiger charge is 2.35. The summed E-state index contributed by atoms with van der Waals surface area (Å²) < 4.78 is 5.06. The molecule has 1 aliphatic rings. The molecule has 0 atom stereocenters. The summed E-state index contributed by atoms with van der Waals surface area (Å²) in [5, 5.41) is 3.92. The second-order valence-corrected chi connectivity index (χ2v) is 3.91. The van der Waals surface area contributed by atoms with Crippen LogP contribution in [0.3, 0.4) is 0 Å². The van der Waals surface area contributed by atoms with Crippen molar-refractivity contribution < 1.29 is 4.52 Å². The number of hydrogen-bond donors (Lipinski definition) is 2. The Labute approximate surface area is 82.8 Å². The molecular weight excluding hydrogens is 180 g/mol. The summed E-state index contributed by atoms with van der Waals surface area (Å²) in [6.45, 7) is 0.527. The Morgan fingerprint density at radius 3 is 2.71 bits per heavy atom. The minimum absolute atomic E-state index is 0.351. The van der Waals surface area contributed by atoms with Crippen molar-refractivity contribution in [1.29, 1.82) is 0 Å². The number of nitrogens with zero attached hydrogens (tertiary/aromatic N) is 2. The van der Waals surface area contributed by atoms with Crippen molar-refractivity contribution in [3.63, 3.8) is 0 Å². The van der Waals surface area contributed by atoms with Gasteiger partial charge < -0.3 is 16.0 Å². The van der Waals surface area contributed by atoms with Crippen molar-refractivity contribution in [2.45, 2.75) is 37.6 Å². The molecule has 1 heterocycles. The Kier molecular flexibility index (Phi) is 2.52. The van der Waals surface area contributed by atoms with Crippen molar-refractivity contribution >= 4 is 0 Å². The molecule has 78 valence electrons. The zero-order chi connectivity index (χ0) is 10.0. The quantitative estimate of drug-likeness (QED) is 0.725. The Balaban J connectivity index is 2.15. The normalized spacial score (nSPS) is 20.1. The SMILES string of the molecule is NCCc1nc(C2(N)CCCC2)no1. The van der Waals surface area contributed by atoms with Crippen LogP contribution in [0.1, 0.15) is 37.4 Å². The van der Waals surface area contributed by atoms with E-state index in [4.69, 9.17) is 16.0 Å². The summed E-state index contributed by atoms with van der Waals surface area (Å²) in [4.78, 5) is 4.27. The highest BCUT2D eigenvalue weighted by molar-refractivity contribution is 5.06. The largest absolute Gasteiger partial charge is 0.339 e. The molecule has 0 aromatic carbocycles. The number of nitrogens with two attached hydrogens (primary N) is 2. The lowest BCUT2D eigenvalue weighted by molar-refractivity contribution is 0.349. The maximum absolute atomic E-state index is 6.17. The summed E-state index contributed by atoms with van der Waals surface area (Å²) in [5.74, 6) is 1.25. The Bertz CT molecular complexity index is 304. The molecule has 5 nitrogen and oxygen atoms in total. The molecule has 1 saturated carbocycles. The van der Waals surface area contributed by atoms with Gasteiger partial charge in [0.05, 0.1) is 5.54 Å². The van der Waals surface area contributed by atoms with E-state index < -0.39 is 0 Å². The van der Waals surface area contributed by atoms with E-state index in [9.17, 15) is 0 Å².